The zero-order chi connectivity index (χ0) is 19.9. The molecule has 0 saturated heterocycles. The van der Waals surface area contributed by atoms with Crippen LogP contribution in [-0.2, 0) is 26.2 Å². The van der Waals surface area contributed by atoms with E-state index in [4.69, 9.17) is 16.3 Å². The first kappa shape index (κ1) is 21.2. The number of esters is 1. The third-order valence-corrected chi connectivity index (χ3v) is 6.25. The van der Waals surface area contributed by atoms with Crippen LogP contribution in [0.2, 0.25) is 5.02 Å². The minimum atomic E-state index is -3.48. The Morgan fingerprint density at radius 1 is 1.04 bits per heavy atom. The van der Waals surface area contributed by atoms with Gasteiger partial charge >= 0.3 is 5.97 Å². The third-order valence-electron chi connectivity index (χ3n) is 3.93. The molecule has 2 aromatic carbocycles. The standard InChI is InChI=1S/C20H22ClNO4S/c1-3-22(4-2)27(24,25)19-12-7-16(8-13-19)9-14-20(23)26-15-17-5-10-18(21)11-6-17/h5-14H,3-4,15H2,1-2H3. The number of sulfonamides is 1. The molecule has 0 aromatic heterocycles. The number of halogens is 1. The molecule has 0 aliphatic rings. The first-order valence-corrected chi connectivity index (χ1v) is 10.4. The molecule has 0 heterocycles. The van der Waals surface area contributed by atoms with E-state index in [-0.39, 0.29) is 11.5 Å². The first-order chi connectivity index (χ1) is 12.9. The molecule has 2 rings (SSSR count). The fraction of sp³-hybridized carbons (Fsp3) is 0.250. The molecule has 2 aromatic rings. The maximum absolute atomic E-state index is 12.4. The van der Waals surface area contributed by atoms with Crippen LogP contribution in [0.4, 0.5) is 0 Å². The summed E-state index contributed by atoms with van der Waals surface area (Å²) >= 11 is 5.81. The molecule has 0 atom stereocenters. The summed E-state index contributed by atoms with van der Waals surface area (Å²) in [4.78, 5) is 12.0. The summed E-state index contributed by atoms with van der Waals surface area (Å²) < 4.78 is 31.4. The Morgan fingerprint density at radius 2 is 1.63 bits per heavy atom. The summed E-state index contributed by atoms with van der Waals surface area (Å²) in [6.45, 7) is 4.59. The van der Waals surface area contributed by atoms with E-state index in [9.17, 15) is 13.2 Å². The van der Waals surface area contributed by atoms with Crippen molar-refractivity contribution in [2.24, 2.45) is 0 Å². The zero-order valence-corrected chi connectivity index (χ0v) is 16.8. The van der Waals surface area contributed by atoms with Crippen molar-refractivity contribution in [3.05, 3.63) is 70.8 Å². The minimum Gasteiger partial charge on any atom is -0.458 e. The predicted octanol–water partition coefficient (Wildman–Crippen LogP) is 4.13. The van der Waals surface area contributed by atoms with Crippen LogP contribution in [0.15, 0.2) is 59.5 Å². The Hall–Kier alpha value is -2.15. The number of ether oxygens (including phenoxy) is 1. The molecule has 0 bridgehead atoms. The number of carbonyl (C=O) groups is 1. The van der Waals surface area contributed by atoms with Crippen molar-refractivity contribution in [1.82, 2.24) is 4.31 Å². The average Bonchev–Trinajstić information content (AvgIpc) is 2.67. The monoisotopic (exact) mass is 407 g/mol. The van der Waals surface area contributed by atoms with E-state index in [1.54, 1.807) is 56.3 Å². The molecule has 0 aliphatic carbocycles. The van der Waals surface area contributed by atoms with Crippen LogP contribution in [0, 0.1) is 0 Å². The third kappa shape index (κ3) is 5.92. The smallest absolute Gasteiger partial charge is 0.331 e. The molecule has 144 valence electrons. The van der Waals surface area contributed by atoms with E-state index < -0.39 is 16.0 Å². The highest BCUT2D eigenvalue weighted by Crippen LogP contribution is 2.17. The summed E-state index contributed by atoms with van der Waals surface area (Å²) in [6, 6.07) is 13.4. The molecule has 0 fully saturated rings. The zero-order valence-electron chi connectivity index (χ0n) is 15.3. The second-order valence-electron chi connectivity index (χ2n) is 5.73. The van der Waals surface area contributed by atoms with E-state index in [2.05, 4.69) is 0 Å². The van der Waals surface area contributed by atoms with Crippen molar-refractivity contribution >= 4 is 33.7 Å². The van der Waals surface area contributed by atoms with Gasteiger partial charge in [0.15, 0.2) is 0 Å². The number of rotatable bonds is 8. The van der Waals surface area contributed by atoms with Gasteiger partial charge in [-0.2, -0.15) is 4.31 Å². The van der Waals surface area contributed by atoms with E-state index in [1.165, 1.54) is 22.5 Å². The van der Waals surface area contributed by atoms with Crippen molar-refractivity contribution in [2.45, 2.75) is 25.3 Å². The van der Waals surface area contributed by atoms with Gasteiger partial charge in [-0.25, -0.2) is 13.2 Å². The molecular formula is C20H22ClNO4S. The fourth-order valence-corrected chi connectivity index (χ4v) is 3.99. The molecule has 0 amide bonds. The van der Waals surface area contributed by atoms with Crippen molar-refractivity contribution in [3.8, 4) is 0 Å². The van der Waals surface area contributed by atoms with Gasteiger partial charge in [-0.15, -0.1) is 0 Å². The molecule has 0 N–H and O–H groups in total. The predicted molar refractivity (Wildman–Crippen MR) is 107 cm³/mol. The quantitative estimate of drug-likeness (QED) is 0.487. The number of hydrogen-bond acceptors (Lipinski definition) is 4. The highest BCUT2D eigenvalue weighted by Gasteiger charge is 2.20. The van der Waals surface area contributed by atoms with Crippen molar-refractivity contribution in [2.75, 3.05) is 13.1 Å². The molecule has 5 nitrogen and oxygen atoms in total. The van der Waals surface area contributed by atoms with Crippen LogP contribution in [0.5, 0.6) is 0 Å². The van der Waals surface area contributed by atoms with Gasteiger partial charge < -0.3 is 4.74 Å². The SMILES string of the molecule is CCN(CC)S(=O)(=O)c1ccc(C=CC(=O)OCc2ccc(Cl)cc2)cc1. The maximum Gasteiger partial charge on any atom is 0.331 e. The van der Waals surface area contributed by atoms with Gasteiger partial charge in [0, 0.05) is 24.2 Å². The van der Waals surface area contributed by atoms with Gasteiger partial charge in [-0.05, 0) is 41.5 Å². The number of nitrogens with zero attached hydrogens (tertiary/aromatic N) is 1. The van der Waals surface area contributed by atoms with Gasteiger partial charge in [-0.3, -0.25) is 0 Å². The summed E-state index contributed by atoms with van der Waals surface area (Å²) in [5.41, 5.74) is 1.55. The van der Waals surface area contributed by atoms with Crippen molar-refractivity contribution in [1.29, 1.82) is 0 Å². The first-order valence-electron chi connectivity index (χ1n) is 8.56. The fourth-order valence-electron chi connectivity index (χ4n) is 2.41. The van der Waals surface area contributed by atoms with Crippen molar-refractivity contribution < 1.29 is 17.9 Å². The highest BCUT2D eigenvalue weighted by molar-refractivity contribution is 7.89. The van der Waals surface area contributed by atoms with Crippen LogP contribution >= 0.6 is 11.6 Å². The lowest BCUT2D eigenvalue weighted by molar-refractivity contribution is -0.138. The summed E-state index contributed by atoms with van der Waals surface area (Å²) in [7, 11) is -3.48. The minimum absolute atomic E-state index is 0.154. The van der Waals surface area contributed by atoms with Crippen LogP contribution in [-0.4, -0.2) is 31.8 Å². The molecular weight excluding hydrogens is 386 g/mol. The lowest BCUT2D eigenvalue weighted by atomic mass is 10.2. The largest absolute Gasteiger partial charge is 0.458 e. The van der Waals surface area contributed by atoms with Crippen LogP contribution in [0.1, 0.15) is 25.0 Å². The molecule has 0 unspecified atom stereocenters. The lowest BCUT2D eigenvalue weighted by Crippen LogP contribution is -2.30. The Kier molecular flexibility index (Phi) is 7.59. The Labute approximate surface area is 165 Å². The number of hydrogen-bond donors (Lipinski definition) is 0. The molecule has 0 spiro atoms. The van der Waals surface area contributed by atoms with E-state index in [1.807, 2.05) is 0 Å². The van der Waals surface area contributed by atoms with E-state index >= 15 is 0 Å². The second kappa shape index (κ2) is 9.69. The summed E-state index contributed by atoms with van der Waals surface area (Å²) in [5, 5.41) is 0.622. The Morgan fingerprint density at radius 3 is 2.19 bits per heavy atom. The van der Waals surface area contributed by atoms with E-state index in [0.29, 0.717) is 23.7 Å². The van der Waals surface area contributed by atoms with Crippen LogP contribution < -0.4 is 0 Å². The van der Waals surface area contributed by atoms with Crippen LogP contribution in [0.3, 0.4) is 0 Å². The molecule has 0 radical (unpaired) electrons. The van der Waals surface area contributed by atoms with Gasteiger partial charge in [-0.1, -0.05) is 49.7 Å². The Balaban J connectivity index is 1.97. The van der Waals surface area contributed by atoms with Gasteiger partial charge in [0.05, 0.1) is 4.90 Å². The molecule has 27 heavy (non-hydrogen) atoms. The number of carbonyl (C=O) groups excluding carboxylic acids is 1. The second-order valence-corrected chi connectivity index (χ2v) is 8.10. The van der Waals surface area contributed by atoms with Gasteiger partial charge in [0.25, 0.3) is 0 Å². The average molecular weight is 408 g/mol. The number of benzene rings is 2. The highest BCUT2D eigenvalue weighted by atomic mass is 35.5. The summed E-state index contributed by atoms with van der Waals surface area (Å²) in [6.07, 6.45) is 2.89. The molecule has 0 aliphatic heterocycles. The van der Waals surface area contributed by atoms with Gasteiger partial charge in [0.2, 0.25) is 10.0 Å². The normalized spacial score (nSPS) is 11.9. The lowest BCUT2D eigenvalue weighted by Gasteiger charge is -2.18. The maximum atomic E-state index is 12.4. The Bertz CT molecular complexity index is 887. The van der Waals surface area contributed by atoms with Crippen molar-refractivity contribution in [3.63, 3.8) is 0 Å². The topological polar surface area (TPSA) is 63.7 Å². The van der Waals surface area contributed by atoms with E-state index in [0.717, 1.165) is 5.56 Å². The van der Waals surface area contributed by atoms with Crippen LogP contribution in [0.25, 0.3) is 6.08 Å². The molecule has 7 heteroatoms. The summed E-state index contributed by atoms with van der Waals surface area (Å²) in [5.74, 6) is -0.482. The molecule has 0 saturated carbocycles. The van der Waals surface area contributed by atoms with Gasteiger partial charge in [0.1, 0.15) is 6.61 Å².